The van der Waals surface area contributed by atoms with E-state index in [1.165, 1.54) is 11.3 Å². The van der Waals surface area contributed by atoms with Crippen LogP contribution in [0.15, 0.2) is 35.7 Å². The molecule has 5 nitrogen and oxygen atoms in total. The van der Waals surface area contributed by atoms with Gasteiger partial charge in [-0.05, 0) is 55.3 Å². The van der Waals surface area contributed by atoms with Crippen molar-refractivity contribution < 1.29 is 14.3 Å². The van der Waals surface area contributed by atoms with E-state index in [9.17, 15) is 9.59 Å². The minimum atomic E-state index is -0.193. The zero-order chi connectivity index (χ0) is 18.5. The average molecular weight is 372 g/mol. The van der Waals surface area contributed by atoms with Crippen LogP contribution in [0.3, 0.4) is 0 Å². The quantitative estimate of drug-likeness (QED) is 0.842. The van der Waals surface area contributed by atoms with Gasteiger partial charge in [-0.1, -0.05) is 18.2 Å². The van der Waals surface area contributed by atoms with Gasteiger partial charge in [-0.25, -0.2) is 0 Å². The van der Waals surface area contributed by atoms with Crippen molar-refractivity contribution in [3.63, 3.8) is 0 Å². The van der Waals surface area contributed by atoms with Crippen molar-refractivity contribution in [3.8, 4) is 0 Å². The highest BCUT2D eigenvalue weighted by Gasteiger charge is 2.25. The SMILES string of the molecule is Cc1cccc(NC(=O)CN(C[C@H]2CCCO2)C(=O)c2cccs2)c1C. The smallest absolute Gasteiger partial charge is 0.264 e. The molecule has 1 aliphatic rings. The molecule has 138 valence electrons. The van der Waals surface area contributed by atoms with E-state index in [1.54, 1.807) is 11.0 Å². The van der Waals surface area contributed by atoms with Crippen molar-refractivity contribution in [1.29, 1.82) is 0 Å². The summed E-state index contributed by atoms with van der Waals surface area (Å²) in [5.74, 6) is -0.312. The summed E-state index contributed by atoms with van der Waals surface area (Å²) in [5.41, 5.74) is 2.94. The van der Waals surface area contributed by atoms with Gasteiger partial charge in [0.05, 0.1) is 11.0 Å². The Bertz CT molecular complexity index is 767. The molecule has 26 heavy (non-hydrogen) atoms. The number of ether oxygens (including phenoxy) is 1. The van der Waals surface area contributed by atoms with Crippen molar-refractivity contribution in [2.24, 2.45) is 0 Å². The van der Waals surface area contributed by atoms with Crippen molar-refractivity contribution in [2.45, 2.75) is 32.8 Å². The molecule has 3 rings (SSSR count). The first-order valence-electron chi connectivity index (χ1n) is 8.85. The van der Waals surface area contributed by atoms with Crippen LogP contribution in [-0.4, -0.2) is 42.5 Å². The molecule has 1 saturated heterocycles. The maximum Gasteiger partial charge on any atom is 0.264 e. The largest absolute Gasteiger partial charge is 0.376 e. The molecule has 1 N–H and O–H groups in total. The topological polar surface area (TPSA) is 58.6 Å². The maximum absolute atomic E-state index is 12.8. The van der Waals surface area contributed by atoms with Crippen molar-refractivity contribution in [3.05, 3.63) is 51.7 Å². The minimum Gasteiger partial charge on any atom is -0.376 e. The van der Waals surface area contributed by atoms with Crippen LogP contribution in [0.1, 0.15) is 33.6 Å². The van der Waals surface area contributed by atoms with Gasteiger partial charge in [-0.3, -0.25) is 9.59 Å². The summed E-state index contributed by atoms with van der Waals surface area (Å²) in [5, 5.41) is 4.81. The Kier molecular flexibility index (Phi) is 6.06. The molecule has 0 unspecified atom stereocenters. The number of anilines is 1. The molecule has 2 amide bonds. The molecule has 1 atom stereocenters. The van der Waals surface area contributed by atoms with Crippen LogP contribution in [0, 0.1) is 13.8 Å². The second-order valence-electron chi connectivity index (χ2n) is 6.59. The van der Waals surface area contributed by atoms with Crippen LogP contribution < -0.4 is 5.32 Å². The van der Waals surface area contributed by atoms with Gasteiger partial charge in [0, 0.05) is 18.8 Å². The third-order valence-corrected chi connectivity index (χ3v) is 5.54. The number of carbonyl (C=O) groups is 2. The van der Waals surface area contributed by atoms with Gasteiger partial charge in [0.25, 0.3) is 5.91 Å². The molecular weight excluding hydrogens is 348 g/mol. The number of rotatable bonds is 6. The van der Waals surface area contributed by atoms with Gasteiger partial charge in [0.2, 0.25) is 5.91 Å². The summed E-state index contributed by atoms with van der Waals surface area (Å²) in [6.45, 7) is 5.17. The highest BCUT2D eigenvalue weighted by atomic mass is 32.1. The number of nitrogens with one attached hydrogen (secondary N) is 1. The number of benzene rings is 1. The molecule has 0 bridgehead atoms. The Labute approximate surface area is 158 Å². The number of amides is 2. The third-order valence-electron chi connectivity index (χ3n) is 4.68. The number of aryl methyl sites for hydroxylation is 1. The van der Waals surface area contributed by atoms with Gasteiger partial charge in [0.1, 0.15) is 6.54 Å². The first-order chi connectivity index (χ1) is 12.5. The predicted octanol–water partition coefficient (Wildman–Crippen LogP) is 3.62. The summed E-state index contributed by atoms with van der Waals surface area (Å²) in [6.07, 6.45) is 1.93. The van der Waals surface area contributed by atoms with E-state index in [-0.39, 0.29) is 24.5 Å². The summed E-state index contributed by atoms with van der Waals surface area (Å²) in [7, 11) is 0. The second-order valence-corrected chi connectivity index (χ2v) is 7.54. The molecule has 2 heterocycles. The van der Waals surface area contributed by atoms with E-state index >= 15 is 0 Å². The Morgan fingerprint density at radius 2 is 2.12 bits per heavy atom. The van der Waals surface area contributed by atoms with Gasteiger partial charge in [0.15, 0.2) is 0 Å². The van der Waals surface area contributed by atoms with Crippen LogP contribution in [0.25, 0.3) is 0 Å². The molecule has 0 saturated carbocycles. The molecule has 0 spiro atoms. The molecule has 1 aromatic heterocycles. The standard InChI is InChI=1S/C20H24N2O3S/c1-14-6-3-8-17(15(14)2)21-19(23)13-22(12-16-7-4-10-25-16)20(24)18-9-5-11-26-18/h3,5-6,8-9,11,16H,4,7,10,12-13H2,1-2H3,(H,21,23)/t16-/m1/s1. The van der Waals surface area contributed by atoms with Crippen molar-refractivity contribution >= 4 is 28.8 Å². The average Bonchev–Trinajstić information content (AvgIpc) is 3.31. The molecule has 6 heteroatoms. The van der Waals surface area contributed by atoms with Crippen LogP contribution in [-0.2, 0) is 9.53 Å². The molecule has 1 aliphatic heterocycles. The minimum absolute atomic E-state index is 0.00687. The number of carbonyl (C=O) groups excluding carboxylic acids is 2. The van der Waals surface area contributed by atoms with Crippen LogP contribution in [0.5, 0.6) is 0 Å². The lowest BCUT2D eigenvalue weighted by Crippen LogP contribution is -2.42. The lowest BCUT2D eigenvalue weighted by Gasteiger charge is -2.24. The lowest BCUT2D eigenvalue weighted by atomic mass is 10.1. The van der Waals surface area contributed by atoms with Gasteiger partial charge >= 0.3 is 0 Å². The highest BCUT2D eigenvalue weighted by molar-refractivity contribution is 7.12. The van der Waals surface area contributed by atoms with Gasteiger partial charge < -0.3 is 15.0 Å². The fourth-order valence-corrected chi connectivity index (χ4v) is 3.75. The molecule has 2 aromatic rings. The Balaban J connectivity index is 1.70. The maximum atomic E-state index is 12.8. The van der Waals surface area contributed by atoms with Crippen LogP contribution >= 0.6 is 11.3 Å². The fourth-order valence-electron chi connectivity index (χ4n) is 3.06. The van der Waals surface area contributed by atoms with Crippen LogP contribution in [0.2, 0.25) is 0 Å². The summed E-state index contributed by atoms with van der Waals surface area (Å²) in [6, 6.07) is 9.44. The number of hydrogen-bond donors (Lipinski definition) is 1. The van der Waals surface area contributed by atoms with Crippen LogP contribution in [0.4, 0.5) is 5.69 Å². The Morgan fingerprint density at radius 1 is 1.27 bits per heavy atom. The van der Waals surface area contributed by atoms with E-state index in [0.717, 1.165) is 36.3 Å². The second kappa shape index (κ2) is 8.47. The molecule has 1 aromatic carbocycles. The van der Waals surface area contributed by atoms with Crippen molar-refractivity contribution in [1.82, 2.24) is 4.90 Å². The molecule has 0 radical (unpaired) electrons. The van der Waals surface area contributed by atoms with E-state index in [1.807, 2.05) is 43.5 Å². The molecule has 1 fully saturated rings. The normalized spacial score (nSPS) is 16.5. The summed E-state index contributed by atoms with van der Waals surface area (Å²) >= 11 is 1.39. The third kappa shape index (κ3) is 4.51. The Hall–Kier alpha value is -2.18. The highest BCUT2D eigenvalue weighted by Crippen LogP contribution is 2.19. The number of thiophene rings is 1. The number of hydrogen-bond acceptors (Lipinski definition) is 4. The zero-order valence-corrected chi connectivity index (χ0v) is 16.0. The number of nitrogens with zero attached hydrogens (tertiary/aromatic N) is 1. The van der Waals surface area contributed by atoms with Gasteiger partial charge in [-0.15, -0.1) is 11.3 Å². The van der Waals surface area contributed by atoms with E-state index in [2.05, 4.69) is 5.32 Å². The molecule has 0 aliphatic carbocycles. The van der Waals surface area contributed by atoms with E-state index < -0.39 is 0 Å². The first kappa shape index (κ1) is 18.6. The van der Waals surface area contributed by atoms with E-state index in [4.69, 9.17) is 4.74 Å². The summed E-state index contributed by atoms with van der Waals surface area (Å²) < 4.78 is 5.66. The van der Waals surface area contributed by atoms with E-state index in [0.29, 0.717) is 11.4 Å². The van der Waals surface area contributed by atoms with Crippen molar-refractivity contribution in [2.75, 3.05) is 25.0 Å². The molecular formula is C20H24N2O3S. The predicted molar refractivity (Wildman–Crippen MR) is 104 cm³/mol. The van der Waals surface area contributed by atoms with Gasteiger partial charge in [-0.2, -0.15) is 0 Å². The Morgan fingerprint density at radius 3 is 2.81 bits per heavy atom. The monoisotopic (exact) mass is 372 g/mol. The zero-order valence-electron chi connectivity index (χ0n) is 15.2. The first-order valence-corrected chi connectivity index (χ1v) is 9.73. The lowest BCUT2D eigenvalue weighted by molar-refractivity contribution is -0.117. The summed E-state index contributed by atoms with van der Waals surface area (Å²) in [4.78, 5) is 27.6. The fraction of sp³-hybridized carbons (Fsp3) is 0.400.